The van der Waals surface area contributed by atoms with Crippen molar-refractivity contribution in [3.8, 4) is 11.3 Å². The first-order valence-corrected chi connectivity index (χ1v) is 3.34. The first-order chi connectivity index (χ1) is 5.47. The third kappa shape index (κ3) is 1.15. The lowest BCUT2D eigenvalue weighted by molar-refractivity contribution is 0.432. The van der Waals surface area contributed by atoms with E-state index in [0.717, 1.165) is 11.3 Å². The van der Waals surface area contributed by atoms with Crippen molar-refractivity contribution < 1.29 is 4.52 Å². The minimum absolute atomic E-state index is 0.755. The molecule has 0 fully saturated rings. The SMILES string of the molecule is [c]1ccccc1-c1ccno1. The third-order valence-corrected chi connectivity index (χ3v) is 1.41. The van der Waals surface area contributed by atoms with Gasteiger partial charge >= 0.3 is 0 Å². The van der Waals surface area contributed by atoms with Crippen molar-refractivity contribution in [1.29, 1.82) is 0 Å². The molecule has 0 saturated carbocycles. The van der Waals surface area contributed by atoms with Crippen LogP contribution >= 0.6 is 0 Å². The van der Waals surface area contributed by atoms with Crippen LogP contribution in [0.15, 0.2) is 41.1 Å². The zero-order valence-corrected chi connectivity index (χ0v) is 5.82. The molecule has 1 heterocycles. The summed E-state index contributed by atoms with van der Waals surface area (Å²) in [5, 5.41) is 3.60. The number of benzene rings is 1. The smallest absolute Gasteiger partial charge is 0.167 e. The van der Waals surface area contributed by atoms with Gasteiger partial charge in [-0.2, -0.15) is 0 Å². The molecular formula is C9H6NO. The van der Waals surface area contributed by atoms with E-state index in [9.17, 15) is 0 Å². The highest BCUT2D eigenvalue weighted by molar-refractivity contribution is 5.54. The van der Waals surface area contributed by atoms with Crippen LogP contribution in [0.3, 0.4) is 0 Å². The van der Waals surface area contributed by atoms with E-state index in [2.05, 4.69) is 11.2 Å². The van der Waals surface area contributed by atoms with Crippen LogP contribution in [-0.4, -0.2) is 5.16 Å². The van der Waals surface area contributed by atoms with Crippen LogP contribution in [0.5, 0.6) is 0 Å². The maximum Gasteiger partial charge on any atom is 0.167 e. The molecule has 0 unspecified atom stereocenters. The predicted molar refractivity (Wildman–Crippen MR) is 40.8 cm³/mol. The molecule has 0 N–H and O–H groups in total. The van der Waals surface area contributed by atoms with E-state index in [-0.39, 0.29) is 0 Å². The van der Waals surface area contributed by atoms with E-state index in [0.29, 0.717) is 0 Å². The van der Waals surface area contributed by atoms with Crippen molar-refractivity contribution in [2.24, 2.45) is 0 Å². The molecule has 0 amide bonds. The van der Waals surface area contributed by atoms with Gasteiger partial charge in [0.1, 0.15) is 0 Å². The van der Waals surface area contributed by atoms with Crippen LogP contribution in [0.1, 0.15) is 0 Å². The van der Waals surface area contributed by atoms with Gasteiger partial charge in [0.25, 0.3) is 0 Å². The lowest BCUT2D eigenvalue weighted by Gasteiger charge is -1.90. The van der Waals surface area contributed by atoms with Gasteiger partial charge in [0.2, 0.25) is 0 Å². The first-order valence-electron chi connectivity index (χ1n) is 3.34. The maximum atomic E-state index is 4.94. The Morgan fingerprint density at radius 2 is 2.27 bits per heavy atom. The molecule has 0 aliphatic rings. The molecule has 2 heteroatoms. The van der Waals surface area contributed by atoms with Crippen molar-refractivity contribution in [3.05, 3.63) is 42.6 Å². The average molecular weight is 144 g/mol. The summed E-state index contributed by atoms with van der Waals surface area (Å²) in [7, 11) is 0. The van der Waals surface area contributed by atoms with Crippen LogP contribution < -0.4 is 0 Å². The summed E-state index contributed by atoms with van der Waals surface area (Å²) in [5.41, 5.74) is 0.935. The van der Waals surface area contributed by atoms with Crippen LogP contribution in [0.4, 0.5) is 0 Å². The quantitative estimate of drug-likeness (QED) is 0.612. The van der Waals surface area contributed by atoms with Gasteiger partial charge in [-0.1, -0.05) is 29.4 Å². The van der Waals surface area contributed by atoms with Gasteiger partial charge in [-0.25, -0.2) is 0 Å². The molecule has 1 radical (unpaired) electrons. The van der Waals surface area contributed by atoms with Crippen molar-refractivity contribution in [3.63, 3.8) is 0 Å². The van der Waals surface area contributed by atoms with Crippen molar-refractivity contribution in [2.45, 2.75) is 0 Å². The van der Waals surface area contributed by atoms with Gasteiger partial charge in [-0.15, -0.1) is 0 Å². The second kappa shape index (κ2) is 2.58. The number of hydrogen-bond acceptors (Lipinski definition) is 2. The summed E-state index contributed by atoms with van der Waals surface area (Å²) in [6, 6.07) is 12.5. The van der Waals surface area contributed by atoms with Crippen LogP contribution in [0.25, 0.3) is 11.3 Å². The van der Waals surface area contributed by atoms with E-state index in [1.807, 2.05) is 30.3 Å². The molecular weight excluding hydrogens is 138 g/mol. The molecule has 2 nitrogen and oxygen atoms in total. The van der Waals surface area contributed by atoms with Crippen molar-refractivity contribution in [2.75, 3.05) is 0 Å². The normalized spacial score (nSPS) is 9.82. The highest BCUT2D eigenvalue weighted by atomic mass is 16.5. The van der Waals surface area contributed by atoms with Gasteiger partial charge in [-0.3, -0.25) is 0 Å². The van der Waals surface area contributed by atoms with Crippen LogP contribution in [0, 0.1) is 6.07 Å². The molecule has 11 heavy (non-hydrogen) atoms. The Labute approximate surface area is 64.5 Å². The highest BCUT2D eigenvalue weighted by Gasteiger charge is 1.98. The molecule has 2 rings (SSSR count). The Morgan fingerprint density at radius 1 is 1.27 bits per heavy atom. The first kappa shape index (κ1) is 6.16. The molecule has 0 spiro atoms. The Morgan fingerprint density at radius 3 is 2.91 bits per heavy atom. The summed E-state index contributed by atoms with van der Waals surface area (Å²) >= 11 is 0. The fourth-order valence-electron chi connectivity index (χ4n) is 0.901. The zero-order valence-electron chi connectivity index (χ0n) is 5.82. The molecule has 0 bridgehead atoms. The monoisotopic (exact) mass is 144 g/mol. The van der Waals surface area contributed by atoms with Crippen molar-refractivity contribution in [1.82, 2.24) is 5.16 Å². The second-order valence-electron chi connectivity index (χ2n) is 2.15. The maximum absolute atomic E-state index is 4.94. The summed E-state index contributed by atoms with van der Waals surface area (Å²) < 4.78 is 4.94. The number of aromatic nitrogens is 1. The fourth-order valence-corrected chi connectivity index (χ4v) is 0.901. The van der Waals surface area contributed by atoms with E-state index >= 15 is 0 Å². The van der Waals surface area contributed by atoms with E-state index in [1.165, 1.54) is 0 Å². The van der Waals surface area contributed by atoms with Gasteiger partial charge in [0.15, 0.2) is 5.76 Å². The molecule has 53 valence electrons. The molecule has 1 aromatic carbocycles. The molecule has 0 atom stereocenters. The zero-order chi connectivity index (χ0) is 7.52. The van der Waals surface area contributed by atoms with Gasteiger partial charge in [0, 0.05) is 11.6 Å². The van der Waals surface area contributed by atoms with E-state index < -0.39 is 0 Å². The average Bonchev–Trinajstić information content (AvgIpc) is 2.58. The molecule has 0 saturated heterocycles. The standard InChI is InChI=1S/C9H6NO/c1-2-4-8(5-3-1)9-6-7-10-11-9/h1-4,6-7H. The summed E-state index contributed by atoms with van der Waals surface area (Å²) in [6.45, 7) is 0. The van der Waals surface area contributed by atoms with Crippen molar-refractivity contribution >= 4 is 0 Å². The van der Waals surface area contributed by atoms with Crippen LogP contribution in [-0.2, 0) is 0 Å². The fraction of sp³-hybridized carbons (Fsp3) is 0. The summed E-state index contributed by atoms with van der Waals surface area (Å²) in [5.74, 6) is 0.755. The van der Waals surface area contributed by atoms with Crippen LogP contribution in [0.2, 0.25) is 0 Å². The third-order valence-electron chi connectivity index (χ3n) is 1.41. The largest absolute Gasteiger partial charge is 0.356 e. The molecule has 2 aromatic rings. The highest BCUT2D eigenvalue weighted by Crippen LogP contribution is 2.15. The molecule has 0 aliphatic heterocycles. The Bertz CT molecular complexity index is 313. The van der Waals surface area contributed by atoms with Gasteiger partial charge in [-0.05, 0) is 6.07 Å². The number of nitrogens with zero attached hydrogens (tertiary/aromatic N) is 1. The lowest BCUT2D eigenvalue weighted by atomic mass is 10.2. The number of hydrogen-bond donors (Lipinski definition) is 0. The van der Waals surface area contributed by atoms with E-state index in [4.69, 9.17) is 4.52 Å². The van der Waals surface area contributed by atoms with E-state index in [1.54, 1.807) is 6.20 Å². The van der Waals surface area contributed by atoms with Gasteiger partial charge in [0.05, 0.1) is 6.20 Å². The lowest BCUT2D eigenvalue weighted by Crippen LogP contribution is -1.70. The Hall–Kier alpha value is -1.57. The second-order valence-corrected chi connectivity index (χ2v) is 2.15. The van der Waals surface area contributed by atoms with Gasteiger partial charge < -0.3 is 4.52 Å². The minimum atomic E-state index is 0.755. The number of rotatable bonds is 1. The summed E-state index contributed by atoms with van der Waals surface area (Å²) in [4.78, 5) is 0. The Balaban J connectivity index is 2.46. The topological polar surface area (TPSA) is 26.0 Å². The Kier molecular flexibility index (Phi) is 1.44. The molecule has 1 aromatic heterocycles. The minimum Gasteiger partial charge on any atom is -0.356 e. The predicted octanol–water partition coefficient (Wildman–Crippen LogP) is 2.14. The molecule has 0 aliphatic carbocycles. The summed E-state index contributed by atoms with van der Waals surface area (Å²) in [6.07, 6.45) is 1.62.